The van der Waals surface area contributed by atoms with Crippen LogP contribution in [0.3, 0.4) is 0 Å². The molecular formula is C10H12N4O. The van der Waals surface area contributed by atoms with Gasteiger partial charge in [-0.1, -0.05) is 6.92 Å². The van der Waals surface area contributed by atoms with Crippen LogP contribution in [0.2, 0.25) is 0 Å². The maximum Gasteiger partial charge on any atom is 0.274 e. The Morgan fingerprint density at radius 3 is 3.00 bits per heavy atom. The van der Waals surface area contributed by atoms with Crippen molar-refractivity contribution >= 4 is 5.78 Å². The van der Waals surface area contributed by atoms with Gasteiger partial charge in [-0.05, 0) is 19.3 Å². The van der Waals surface area contributed by atoms with Crippen LogP contribution in [0.1, 0.15) is 37.2 Å². The molecule has 0 unspecified atom stereocenters. The Balaban J connectivity index is 2.24. The minimum Gasteiger partial charge on any atom is -0.275 e. The molecule has 0 saturated heterocycles. The zero-order chi connectivity index (χ0) is 10.4. The molecule has 1 saturated carbocycles. The van der Waals surface area contributed by atoms with E-state index >= 15 is 0 Å². The van der Waals surface area contributed by atoms with Crippen LogP contribution in [0.5, 0.6) is 0 Å². The smallest absolute Gasteiger partial charge is 0.274 e. The number of rotatable bonds is 2. The van der Waals surface area contributed by atoms with E-state index in [9.17, 15) is 4.79 Å². The van der Waals surface area contributed by atoms with E-state index in [1.54, 1.807) is 6.07 Å². The Hall–Kier alpha value is -1.65. The summed E-state index contributed by atoms with van der Waals surface area (Å²) in [6, 6.07) is 1.56. The van der Waals surface area contributed by atoms with Gasteiger partial charge in [0.05, 0.1) is 0 Å². The molecule has 1 aliphatic carbocycles. The Bertz CT molecular complexity index is 564. The van der Waals surface area contributed by atoms with Gasteiger partial charge >= 0.3 is 0 Å². The number of aromatic amines is 1. The summed E-state index contributed by atoms with van der Waals surface area (Å²) in [4.78, 5) is 20.3. The van der Waals surface area contributed by atoms with E-state index in [2.05, 4.69) is 15.1 Å². The number of hydrogen-bond donors (Lipinski definition) is 1. The third-order valence-corrected chi connectivity index (χ3v) is 2.73. The van der Waals surface area contributed by atoms with Crippen LogP contribution in [0.25, 0.3) is 5.78 Å². The zero-order valence-electron chi connectivity index (χ0n) is 8.53. The lowest BCUT2D eigenvalue weighted by Gasteiger charge is -1.93. The van der Waals surface area contributed by atoms with E-state index in [4.69, 9.17) is 0 Å². The van der Waals surface area contributed by atoms with E-state index in [-0.39, 0.29) is 5.56 Å². The summed E-state index contributed by atoms with van der Waals surface area (Å²) in [5, 5.41) is 3.01. The highest BCUT2D eigenvalue weighted by molar-refractivity contribution is 5.29. The van der Waals surface area contributed by atoms with Crippen molar-refractivity contribution in [3.63, 3.8) is 0 Å². The Morgan fingerprint density at radius 1 is 1.53 bits per heavy atom. The van der Waals surface area contributed by atoms with Gasteiger partial charge in [0, 0.05) is 17.7 Å². The number of aryl methyl sites for hydroxylation is 1. The average molecular weight is 204 g/mol. The molecule has 1 aliphatic rings. The fourth-order valence-electron chi connectivity index (χ4n) is 1.66. The fourth-order valence-corrected chi connectivity index (χ4v) is 1.66. The number of nitrogens with zero attached hydrogens (tertiary/aromatic N) is 3. The molecule has 15 heavy (non-hydrogen) atoms. The molecule has 0 amide bonds. The molecule has 1 fully saturated rings. The first-order valence-electron chi connectivity index (χ1n) is 5.26. The first-order chi connectivity index (χ1) is 7.28. The monoisotopic (exact) mass is 204 g/mol. The van der Waals surface area contributed by atoms with Gasteiger partial charge in [-0.15, -0.1) is 0 Å². The lowest BCUT2D eigenvalue weighted by Crippen LogP contribution is -2.15. The third-order valence-electron chi connectivity index (χ3n) is 2.73. The van der Waals surface area contributed by atoms with Gasteiger partial charge in [-0.3, -0.25) is 9.89 Å². The van der Waals surface area contributed by atoms with Crippen molar-refractivity contribution in [3.8, 4) is 0 Å². The minimum absolute atomic E-state index is 0.0729. The van der Waals surface area contributed by atoms with Gasteiger partial charge in [0.25, 0.3) is 11.3 Å². The predicted molar refractivity (Wildman–Crippen MR) is 55.0 cm³/mol. The van der Waals surface area contributed by atoms with Crippen molar-refractivity contribution in [2.75, 3.05) is 0 Å². The summed E-state index contributed by atoms with van der Waals surface area (Å²) >= 11 is 0. The first-order valence-corrected chi connectivity index (χ1v) is 5.26. The van der Waals surface area contributed by atoms with Crippen molar-refractivity contribution < 1.29 is 0 Å². The Morgan fingerprint density at radius 2 is 2.33 bits per heavy atom. The molecule has 78 valence electrons. The van der Waals surface area contributed by atoms with Crippen LogP contribution in [-0.2, 0) is 6.42 Å². The van der Waals surface area contributed by atoms with Crippen molar-refractivity contribution in [2.24, 2.45) is 0 Å². The lowest BCUT2D eigenvalue weighted by molar-refractivity contribution is 0.838. The second kappa shape index (κ2) is 2.92. The molecule has 5 nitrogen and oxygen atoms in total. The van der Waals surface area contributed by atoms with Crippen molar-refractivity contribution in [2.45, 2.75) is 32.1 Å². The predicted octanol–water partition coefficient (Wildman–Crippen LogP) is 0.857. The van der Waals surface area contributed by atoms with E-state index < -0.39 is 0 Å². The standard InChI is InChI=1S/C10H12N4O/c1-2-7-5-8(15)14-10(11-7)12-9(13-14)6-3-4-6/h5-6H,2-4H2,1H3,(H,11,12,13). The van der Waals surface area contributed by atoms with Gasteiger partial charge in [-0.2, -0.15) is 9.50 Å². The van der Waals surface area contributed by atoms with Crippen LogP contribution in [0.4, 0.5) is 0 Å². The average Bonchev–Trinajstić information content (AvgIpc) is 2.98. The Labute approximate surface area is 86.2 Å². The van der Waals surface area contributed by atoms with Crippen LogP contribution in [0, 0.1) is 0 Å². The molecule has 0 spiro atoms. The highest BCUT2D eigenvalue weighted by Crippen LogP contribution is 2.37. The number of fused-ring (bicyclic) bond motifs is 1. The highest BCUT2D eigenvalue weighted by atomic mass is 16.1. The van der Waals surface area contributed by atoms with Crippen LogP contribution in [-0.4, -0.2) is 19.6 Å². The summed E-state index contributed by atoms with van der Waals surface area (Å²) in [5.41, 5.74) is 0.727. The molecule has 0 atom stereocenters. The first kappa shape index (κ1) is 8.64. The maximum atomic E-state index is 11.7. The van der Waals surface area contributed by atoms with E-state index in [1.807, 2.05) is 6.92 Å². The maximum absolute atomic E-state index is 11.7. The molecular weight excluding hydrogens is 192 g/mol. The normalized spacial score (nSPS) is 16.1. The lowest BCUT2D eigenvalue weighted by atomic mass is 10.3. The Kier molecular flexibility index (Phi) is 1.68. The van der Waals surface area contributed by atoms with E-state index in [1.165, 1.54) is 4.52 Å². The van der Waals surface area contributed by atoms with Gasteiger partial charge in [0.2, 0.25) is 0 Å². The molecule has 0 bridgehead atoms. The molecule has 2 aromatic heterocycles. The van der Waals surface area contributed by atoms with Crippen LogP contribution in [0.15, 0.2) is 10.9 Å². The third kappa shape index (κ3) is 1.35. The molecule has 1 N–H and O–H groups in total. The summed E-state index contributed by atoms with van der Waals surface area (Å²) in [6.45, 7) is 1.98. The van der Waals surface area contributed by atoms with Crippen molar-refractivity contribution in [1.29, 1.82) is 0 Å². The summed E-state index contributed by atoms with van der Waals surface area (Å²) in [6.07, 6.45) is 3.09. The van der Waals surface area contributed by atoms with Gasteiger partial charge in [0.15, 0.2) is 0 Å². The SMILES string of the molecule is CCc1cc(=O)n2[nH]c(C3CC3)nc2n1. The molecule has 5 heteroatoms. The molecule has 2 aromatic rings. The molecule has 0 radical (unpaired) electrons. The molecule has 2 heterocycles. The van der Waals surface area contributed by atoms with Crippen molar-refractivity contribution in [3.05, 3.63) is 27.9 Å². The number of aromatic nitrogens is 4. The fraction of sp³-hybridized carbons (Fsp3) is 0.500. The van der Waals surface area contributed by atoms with Crippen molar-refractivity contribution in [1.82, 2.24) is 19.6 Å². The second-order valence-electron chi connectivity index (χ2n) is 3.96. The van der Waals surface area contributed by atoms with Crippen LogP contribution >= 0.6 is 0 Å². The number of hydrogen-bond acceptors (Lipinski definition) is 3. The van der Waals surface area contributed by atoms with Gasteiger partial charge in [0.1, 0.15) is 5.82 Å². The largest absolute Gasteiger partial charge is 0.275 e. The summed E-state index contributed by atoms with van der Waals surface area (Å²) in [7, 11) is 0. The molecule has 0 aliphatic heterocycles. The van der Waals surface area contributed by atoms with Gasteiger partial charge in [-0.25, -0.2) is 4.98 Å². The number of nitrogens with one attached hydrogen (secondary N) is 1. The topological polar surface area (TPSA) is 63.0 Å². The summed E-state index contributed by atoms with van der Waals surface area (Å²) < 4.78 is 1.42. The van der Waals surface area contributed by atoms with E-state index in [0.29, 0.717) is 11.7 Å². The van der Waals surface area contributed by atoms with Gasteiger partial charge < -0.3 is 0 Å². The summed E-state index contributed by atoms with van der Waals surface area (Å²) in [5.74, 6) is 1.91. The second-order valence-corrected chi connectivity index (χ2v) is 3.96. The minimum atomic E-state index is -0.0729. The van der Waals surface area contributed by atoms with Crippen LogP contribution < -0.4 is 5.56 Å². The number of H-pyrrole nitrogens is 1. The molecule has 3 rings (SSSR count). The zero-order valence-corrected chi connectivity index (χ0v) is 8.53. The van der Waals surface area contributed by atoms with E-state index in [0.717, 1.165) is 30.8 Å². The highest BCUT2D eigenvalue weighted by Gasteiger charge is 2.27. The quantitative estimate of drug-likeness (QED) is 0.789. The molecule has 0 aromatic carbocycles.